The Labute approximate surface area is 108 Å². The van der Waals surface area contributed by atoms with E-state index in [-0.39, 0.29) is 5.82 Å². The first-order valence-electron chi connectivity index (χ1n) is 6.56. The maximum atomic E-state index is 12.8. The molecule has 1 heterocycles. The second-order valence-corrected chi connectivity index (χ2v) is 4.79. The molecular formula is C14H21FN2O. The van der Waals surface area contributed by atoms with E-state index in [4.69, 9.17) is 10.5 Å². The van der Waals surface area contributed by atoms with Crippen LogP contribution in [0, 0.1) is 5.82 Å². The Bertz CT molecular complexity index is 349. The highest BCUT2D eigenvalue weighted by Gasteiger charge is 2.18. The molecule has 1 aliphatic rings. The predicted octanol–water partition coefficient (Wildman–Crippen LogP) is 1.77. The van der Waals surface area contributed by atoms with E-state index >= 15 is 0 Å². The van der Waals surface area contributed by atoms with Crippen molar-refractivity contribution in [2.75, 3.05) is 26.2 Å². The van der Waals surface area contributed by atoms with E-state index in [1.807, 2.05) is 12.1 Å². The van der Waals surface area contributed by atoms with Gasteiger partial charge in [0.2, 0.25) is 0 Å². The first-order chi connectivity index (χ1) is 8.78. The molecule has 2 N–H and O–H groups in total. The zero-order valence-electron chi connectivity index (χ0n) is 10.6. The second kappa shape index (κ2) is 6.83. The molecule has 0 bridgehead atoms. The van der Waals surface area contributed by atoms with E-state index in [9.17, 15) is 4.39 Å². The van der Waals surface area contributed by atoms with E-state index in [1.54, 1.807) is 0 Å². The average molecular weight is 252 g/mol. The third-order valence-electron chi connectivity index (χ3n) is 3.25. The maximum absolute atomic E-state index is 12.8. The van der Waals surface area contributed by atoms with Gasteiger partial charge in [0, 0.05) is 32.8 Å². The number of ether oxygens (including phenoxy) is 1. The van der Waals surface area contributed by atoms with Crippen molar-refractivity contribution in [1.82, 2.24) is 4.90 Å². The van der Waals surface area contributed by atoms with Gasteiger partial charge in [-0.3, -0.25) is 4.90 Å². The lowest BCUT2D eigenvalue weighted by Gasteiger charge is -2.24. The van der Waals surface area contributed by atoms with Crippen LogP contribution in [-0.4, -0.2) is 37.2 Å². The molecule has 2 rings (SSSR count). The minimum Gasteiger partial charge on any atom is -0.377 e. The largest absolute Gasteiger partial charge is 0.377 e. The zero-order valence-corrected chi connectivity index (χ0v) is 10.6. The van der Waals surface area contributed by atoms with Crippen molar-refractivity contribution in [2.45, 2.75) is 25.5 Å². The fourth-order valence-electron chi connectivity index (χ4n) is 2.34. The molecule has 0 radical (unpaired) electrons. The highest BCUT2D eigenvalue weighted by atomic mass is 19.1. The summed E-state index contributed by atoms with van der Waals surface area (Å²) in [6.07, 6.45) is 2.61. The number of benzene rings is 1. The first-order valence-corrected chi connectivity index (χ1v) is 6.56. The first kappa shape index (κ1) is 13.5. The standard InChI is InChI=1S/C14H21FN2O/c15-13-5-3-12(4-6-13)10-17(8-7-16)11-14-2-1-9-18-14/h3-6,14H,1-2,7-11,16H2. The van der Waals surface area contributed by atoms with Crippen LogP contribution in [0.5, 0.6) is 0 Å². The molecule has 1 aromatic carbocycles. The fraction of sp³-hybridized carbons (Fsp3) is 0.571. The Balaban J connectivity index is 1.90. The van der Waals surface area contributed by atoms with Crippen LogP contribution < -0.4 is 5.73 Å². The molecule has 3 nitrogen and oxygen atoms in total. The Kier molecular flexibility index (Phi) is 5.11. The summed E-state index contributed by atoms with van der Waals surface area (Å²) in [6, 6.07) is 6.66. The van der Waals surface area contributed by atoms with Gasteiger partial charge in [-0.2, -0.15) is 0 Å². The second-order valence-electron chi connectivity index (χ2n) is 4.79. The molecule has 0 saturated carbocycles. The summed E-state index contributed by atoms with van der Waals surface area (Å²) in [5, 5.41) is 0. The quantitative estimate of drug-likeness (QED) is 0.838. The normalized spacial score (nSPS) is 19.6. The van der Waals surface area contributed by atoms with Crippen LogP contribution in [0.2, 0.25) is 0 Å². The number of nitrogens with zero attached hydrogens (tertiary/aromatic N) is 1. The minimum absolute atomic E-state index is 0.191. The van der Waals surface area contributed by atoms with Crippen molar-refractivity contribution >= 4 is 0 Å². The van der Waals surface area contributed by atoms with Crippen molar-refractivity contribution in [3.63, 3.8) is 0 Å². The maximum Gasteiger partial charge on any atom is 0.123 e. The van der Waals surface area contributed by atoms with E-state index in [0.717, 1.165) is 44.6 Å². The molecule has 0 aromatic heterocycles. The van der Waals surface area contributed by atoms with Gasteiger partial charge in [-0.15, -0.1) is 0 Å². The van der Waals surface area contributed by atoms with Crippen LogP contribution in [-0.2, 0) is 11.3 Å². The highest BCUT2D eigenvalue weighted by Crippen LogP contribution is 2.15. The molecule has 100 valence electrons. The molecule has 18 heavy (non-hydrogen) atoms. The van der Waals surface area contributed by atoms with Gasteiger partial charge in [0.05, 0.1) is 6.10 Å². The van der Waals surface area contributed by atoms with Crippen LogP contribution in [0.4, 0.5) is 4.39 Å². The summed E-state index contributed by atoms with van der Waals surface area (Å²) in [6.45, 7) is 4.06. The molecule has 1 saturated heterocycles. The van der Waals surface area contributed by atoms with E-state index < -0.39 is 0 Å². The smallest absolute Gasteiger partial charge is 0.123 e. The van der Waals surface area contributed by atoms with Crippen molar-refractivity contribution in [1.29, 1.82) is 0 Å². The van der Waals surface area contributed by atoms with Crippen molar-refractivity contribution in [3.05, 3.63) is 35.6 Å². The van der Waals surface area contributed by atoms with E-state index in [2.05, 4.69) is 4.90 Å². The van der Waals surface area contributed by atoms with Gasteiger partial charge in [-0.25, -0.2) is 4.39 Å². The minimum atomic E-state index is -0.191. The fourth-order valence-corrected chi connectivity index (χ4v) is 2.34. The SMILES string of the molecule is NCCN(Cc1ccc(F)cc1)CC1CCCO1. The molecule has 1 aromatic rings. The zero-order chi connectivity index (χ0) is 12.8. The summed E-state index contributed by atoms with van der Waals surface area (Å²) in [5.41, 5.74) is 6.75. The molecule has 1 atom stereocenters. The Morgan fingerprint density at radius 2 is 2.11 bits per heavy atom. The van der Waals surface area contributed by atoms with Crippen LogP contribution in [0.15, 0.2) is 24.3 Å². The van der Waals surface area contributed by atoms with Crippen LogP contribution in [0.3, 0.4) is 0 Å². The lowest BCUT2D eigenvalue weighted by Crippen LogP contribution is -2.35. The summed E-state index contributed by atoms with van der Waals surface area (Å²) >= 11 is 0. The van der Waals surface area contributed by atoms with E-state index in [0.29, 0.717) is 12.6 Å². The topological polar surface area (TPSA) is 38.5 Å². The lowest BCUT2D eigenvalue weighted by atomic mass is 10.2. The molecule has 1 unspecified atom stereocenters. The molecule has 1 fully saturated rings. The summed E-state index contributed by atoms with van der Waals surface area (Å²) in [7, 11) is 0. The Morgan fingerprint density at radius 3 is 2.72 bits per heavy atom. The predicted molar refractivity (Wildman–Crippen MR) is 69.7 cm³/mol. The third-order valence-corrected chi connectivity index (χ3v) is 3.25. The van der Waals surface area contributed by atoms with Crippen molar-refractivity contribution < 1.29 is 9.13 Å². The summed E-state index contributed by atoms with van der Waals surface area (Å²) in [5.74, 6) is -0.191. The molecular weight excluding hydrogens is 231 g/mol. The van der Waals surface area contributed by atoms with Gasteiger partial charge >= 0.3 is 0 Å². The van der Waals surface area contributed by atoms with Gasteiger partial charge < -0.3 is 10.5 Å². The van der Waals surface area contributed by atoms with Crippen molar-refractivity contribution in [3.8, 4) is 0 Å². The monoisotopic (exact) mass is 252 g/mol. The molecule has 0 spiro atoms. The van der Waals surface area contributed by atoms with Gasteiger partial charge in [0.25, 0.3) is 0 Å². The van der Waals surface area contributed by atoms with Crippen molar-refractivity contribution in [2.24, 2.45) is 5.73 Å². The number of hydrogen-bond acceptors (Lipinski definition) is 3. The van der Waals surface area contributed by atoms with Crippen LogP contribution in [0.25, 0.3) is 0 Å². The number of nitrogens with two attached hydrogens (primary N) is 1. The molecule has 1 aliphatic heterocycles. The molecule has 0 aliphatic carbocycles. The van der Waals surface area contributed by atoms with Gasteiger partial charge in [-0.05, 0) is 30.5 Å². The Morgan fingerprint density at radius 1 is 1.33 bits per heavy atom. The number of halogens is 1. The van der Waals surface area contributed by atoms with Gasteiger partial charge in [0.15, 0.2) is 0 Å². The summed E-state index contributed by atoms with van der Waals surface area (Å²) < 4.78 is 18.5. The lowest BCUT2D eigenvalue weighted by molar-refractivity contribution is 0.0716. The molecule has 0 amide bonds. The average Bonchev–Trinajstić information content (AvgIpc) is 2.85. The summed E-state index contributed by atoms with van der Waals surface area (Å²) in [4.78, 5) is 2.28. The Hall–Kier alpha value is -0.970. The molecule has 4 heteroatoms. The number of rotatable bonds is 6. The van der Waals surface area contributed by atoms with Crippen LogP contribution in [0.1, 0.15) is 18.4 Å². The van der Waals surface area contributed by atoms with Crippen LogP contribution >= 0.6 is 0 Å². The third kappa shape index (κ3) is 4.05. The van der Waals surface area contributed by atoms with Gasteiger partial charge in [0.1, 0.15) is 5.82 Å². The van der Waals surface area contributed by atoms with E-state index in [1.165, 1.54) is 12.1 Å². The van der Waals surface area contributed by atoms with Gasteiger partial charge in [-0.1, -0.05) is 12.1 Å². The highest BCUT2D eigenvalue weighted by molar-refractivity contribution is 5.15. The number of hydrogen-bond donors (Lipinski definition) is 1.